The minimum Gasteiger partial charge on any atom is -0.491 e. The molecular formula is C20H27N3O2. The van der Waals surface area contributed by atoms with Crippen LogP contribution in [-0.4, -0.2) is 52.5 Å². The number of para-hydroxylation sites is 1. The quantitative estimate of drug-likeness (QED) is 0.725. The molecule has 25 heavy (non-hydrogen) atoms. The maximum atomic E-state index is 10.3. The molecule has 1 aliphatic heterocycles. The monoisotopic (exact) mass is 341 g/mol. The van der Waals surface area contributed by atoms with Crippen LogP contribution >= 0.6 is 0 Å². The number of hydrogen-bond donors (Lipinski definition) is 2. The van der Waals surface area contributed by atoms with Crippen molar-refractivity contribution in [1.82, 2.24) is 15.1 Å². The van der Waals surface area contributed by atoms with E-state index in [0.29, 0.717) is 19.1 Å². The number of hydrogen-bond acceptors (Lipinski definition) is 4. The van der Waals surface area contributed by atoms with Gasteiger partial charge in [0.1, 0.15) is 18.5 Å². The Kier molecular flexibility index (Phi) is 6.25. The molecule has 5 heteroatoms. The van der Waals surface area contributed by atoms with Gasteiger partial charge in [0.25, 0.3) is 0 Å². The third kappa shape index (κ3) is 4.94. The van der Waals surface area contributed by atoms with E-state index in [1.165, 1.54) is 5.56 Å². The minimum atomic E-state index is -0.484. The molecule has 1 aliphatic rings. The second-order valence-corrected chi connectivity index (χ2v) is 6.67. The normalized spacial score (nSPS) is 17.3. The predicted molar refractivity (Wildman–Crippen MR) is 98.8 cm³/mol. The summed E-state index contributed by atoms with van der Waals surface area (Å²) in [5, 5.41) is 17.3. The van der Waals surface area contributed by atoms with Crippen molar-refractivity contribution in [2.45, 2.75) is 31.3 Å². The van der Waals surface area contributed by atoms with Crippen molar-refractivity contribution in [2.75, 3.05) is 26.2 Å². The fourth-order valence-corrected chi connectivity index (χ4v) is 3.44. The first kappa shape index (κ1) is 17.7. The molecule has 5 nitrogen and oxygen atoms in total. The Morgan fingerprint density at radius 1 is 1.36 bits per heavy atom. The van der Waals surface area contributed by atoms with Crippen molar-refractivity contribution >= 4 is 0 Å². The summed E-state index contributed by atoms with van der Waals surface area (Å²) in [4.78, 5) is 2.32. The summed E-state index contributed by atoms with van der Waals surface area (Å²) in [6.45, 7) is 6.75. The highest BCUT2D eigenvalue weighted by Crippen LogP contribution is 2.27. The van der Waals surface area contributed by atoms with E-state index in [-0.39, 0.29) is 0 Å². The van der Waals surface area contributed by atoms with E-state index in [1.54, 1.807) is 0 Å². The van der Waals surface area contributed by atoms with Gasteiger partial charge in [0.15, 0.2) is 0 Å². The van der Waals surface area contributed by atoms with Crippen molar-refractivity contribution in [1.29, 1.82) is 0 Å². The molecule has 0 amide bonds. The third-order valence-electron chi connectivity index (χ3n) is 4.82. The third-order valence-corrected chi connectivity index (χ3v) is 4.82. The molecule has 0 saturated carbocycles. The SMILES string of the molecule is C=CCc1ccccc1OCC(O)CN1CCC(c2cn[nH]c2)CC1. The largest absolute Gasteiger partial charge is 0.491 e. The van der Waals surface area contributed by atoms with Crippen LogP contribution in [0.5, 0.6) is 5.75 Å². The first-order valence-corrected chi connectivity index (χ1v) is 8.97. The zero-order valence-corrected chi connectivity index (χ0v) is 14.6. The van der Waals surface area contributed by atoms with Crippen LogP contribution in [0.2, 0.25) is 0 Å². The summed E-state index contributed by atoms with van der Waals surface area (Å²) < 4.78 is 5.84. The Morgan fingerprint density at radius 3 is 2.88 bits per heavy atom. The Bertz CT molecular complexity index is 649. The van der Waals surface area contributed by atoms with Gasteiger partial charge >= 0.3 is 0 Å². The van der Waals surface area contributed by atoms with Crippen LogP contribution in [0.15, 0.2) is 49.3 Å². The van der Waals surface area contributed by atoms with Crippen LogP contribution < -0.4 is 4.74 Å². The molecule has 1 aromatic heterocycles. The number of β-amino-alcohol motifs (C(OH)–C–C–N with tert-alkyl or cyclic N) is 1. The molecule has 2 heterocycles. The molecule has 0 bridgehead atoms. The van der Waals surface area contributed by atoms with Gasteiger partial charge in [-0.2, -0.15) is 5.10 Å². The van der Waals surface area contributed by atoms with Crippen molar-refractivity contribution in [3.63, 3.8) is 0 Å². The van der Waals surface area contributed by atoms with Gasteiger partial charge in [-0.15, -0.1) is 6.58 Å². The highest BCUT2D eigenvalue weighted by atomic mass is 16.5. The Morgan fingerprint density at radius 2 is 2.16 bits per heavy atom. The maximum absolute atomic E-state index is 10.3. The number of nitrogens with one attached hydrogen (secondary N) is 1. The number of aliphatic hydroxyl groups is 1. The molecule has 1 atom stereocenters. The van der Waals surface area contributed by atoms with Crippen molar-refractivity contribution in [3.8, 4) is 5.75 Å². The van der Waals surface area contributed by atoms with E-state index >= 15 is 0 Å². The minimum absolute atomic E-state index is 0.315. The number of aliphatic hydroxyl groups excluding tert-OH is 1. The fraction of sp³-hybridized carbons (Fsp3) is 0.450. The summed E-state index contributed by atoms with van der Waals surface area (Å²) in [7, 11) is 0. The maximum Gasteiger partial charge on any atom is 0.122 e. The Hall–Kier alpha value is -2.11. The zero-order valence-electron chi connectivity index (χ0n) is 14.6. The van der Waals surface area contributed by atoms with Gasteiger partial charge in [0, 0.05) is 12.7 Å². The van der Waals surface area contributed by atoms with E-state index in [0.717, 1.165) is 43.7 Å². The first-order chi connectivity index (χ1) is 12.3. The number of likely N-dealkylation sites (tertiary alicyclic amines) is 1. The highest BCUT2D eigenvalue weighted by Gasteiger charge is 2.22. The number of piperidine rings is 1. The molecule has 1 fully saturated rings. The van der Waals surface area contributed by atoms with Crippen LogP contribution in [-0.2, 0) is 6.42 Å². The molecule has 0 radical (unpaired) electrons. The summed E-state index contributed by atoms with van der Waals surface area (Å²) in [6, 6.07) is 7.92. The lowest BCUT2D eigenvalue weighted by molar-refractivity contribution is 0.0592. The molecule has 134 valence electrons. The second kappa shape index (κ2) is 8.83. The lowest BCUT2D eigenvalue weighted by Crippen LogP contribution is -2.40. The van der Waals surface area contributed by atoms with Gasteiger partial charge in [0.2, 0.25) is 0 Å². The molecule has 0 aliphatic carbocycles. The van der Waals surface area contributed by atoms with E-state index in [1.807, 2.05) is 42.7 Å². The van der Waals surface area contributed by atoms with Crippen LogP contribution in [0.4, 0.5) is 0 Å². The fourth-order valence-electron chi connectivity index (χ4n) is 3.44. The summed E-state index contributed by atoms with van der Waals surface area (Å²) >= 11 is 0. The van der Waals surface area contributed by atoms with Crippen LogP contribution in [0, 0.1) is 0 Å². The van der Waals surface area contributed by atoms with Gasteiger partial charge in [0.05, 0.1) is 6.20 Å². The summed E-state index contributed by atoms with van der Waals surface area (Å²) in [5.41, 5.74) is 2.40. The number of aromatic nitrogens is 2. The van der Waals surface area contributed by atoms with Crippen LogP contribution in [0.3, 0.4) is 0 Å². The van der Waals surface area contributed by atoms with Gasteiger partial charge in [-0.1, -0.05) is 24.3 Å². The molecule has 3 rings (SSSR count). The summed E-state index contributed by atoms with van der Waals surface area (Å²) in [5.74, 6) is 1.41. The van der Waals surface area contributed by atoms with Gasteiger partial charge in [-0.25, -0.2) is 0 Å². The predicted octanol–water partition coefficient (Wildman–Crippen LogP) is 2.76. The molecule has 2 N–H and O–H groups in total. The number of nitrogens with zero attached hydrogens (tertiary/aromatic N) is 2. The van der Waals surface area contributed by atoms with Crippen LogP contribution in [0.25, 0.3) is 0 Å². The number of rotatable bonds is 8. The average Bonchev–Trinajstić information content (AvgIpc) is 3.17. The average molecular weight is 341 g/mol. The number of H-pyrrole nitrogens is 1. The number of allylic oxidation sites excluding steroid dienone is 1. The molecule has 2 aromatic rings. The highest BCUT2D eigenvalue weighted by molar-refractivity contribution is 5.34. The number of ether oxygens (including phenoxy) is 1. The molecule has 0 spiro atoms. The molecule has 1 saturated heterocycles. The van der Waals surface area contributed by atoms with Gasteiger partial charge in [-0.05, 0) is 55.5 Å². The second-order valence-electron chi connectivity index (χ2n) is 6.67. The lowest BCUT2D eigenvalue weighted by atomic mass is 9.91. The van der Waals surface area contributed by atoms with Crippen LogP contribution in [0.1, 0.15) is 29.9 Å². The van der Waals surface area contributed by atoms with Gasteiger partial charge < -0.3 is 14.7 Å². The number of aromatic amines is 1. The molecular weight excluding hydrogens is 314 g/mol. The van der Waals surface area contributed by atoms with Crippen molar-refractivity contribution in [3.05, 3.63) is 60.4 Å². The standard InChI is InChI=1S/C20H27N3O2/c1-2-5-17-6-3-4-7-20(17)25-15-19(24)14-23-10-8-16(9-11-23)18-12-21-22-13-18/h2-4,6-7,12-13,16,19,24H,1,5,8-11,14-15H2,(H,21,22). The first-order valence-electron chi connectivity index (χ1n) is 8.97. The topological polar surface area (TPSA) is 61.4 Å². The molecule has 1 unspecified atom stereocenters. The Labute approximate surface area is 149 Å². The lowest BCUT2D eigenvalue weighted by Gasteiger charge is -2.32. The number of benzene rings is 1. The van der Waals surface area contributed by atoms with E-state index < -0.39 is 6.10 Å². The van der Waals surface area contributed by atoms with E-state index in [9.17, 15) is 5.11 Å². The van der Waals surface area contributed by atoms with Crippen molar-refractivity contribution in [2.24, 2.45) is 0 Å². The van der Waals surface area contributed by atoms with E-state index in [4.69, 9.17) is 4.74 Å². The Balaban J connectivity index is 1.43. The van der Waals surface area contributed by atoms with E-state index in [2.05, 4.69) is 21.7 Å². The summed E-state index contributed by atoms with van der Waals surface area (Å²) in [6.07, 6.45) is 8.27. The molecule has 1 aromatic carbocycles. The zero-order chi connectivity index (χ0) is 17.5. The smallest absolute Gasteiger partial charge is 0.122 e. The van der Waals surface area contributed by atoms with Crippen molar-refractivity contribution < 1.29 is 9.84 Å². The van der Waals surface area contributed by atoms with Gasteiger partial charge in [-0.3, -0.25) is 5.10 Å².